The summed E-state index contributed by atoms with van der Waals surface area (Å²) in [7, 11) is 0. The van der Waals surface area contributed by atoms with Crippen LogP contribution in [0, 0.1) is 5.92 Å². The Hall–Kier alpha value is -0.900. The maximum atomic E-state index is 9.19. The van der Waals surface area contributed by atoms with Crippen LogP contribution in [0.3, 0.4) is 0 Å². The fourth-order valence-corrected chi connectivity index (χ4v) is 3.09. The minimum atomic E-state index is 0.215. The predicted octanol–water partition coefficient (Wildman–Crippen LogP) is 1.61. The topological polar surface area (TPSA) is 32.7 Å². The van der Waals surface area contributed by atoms with E-state index in [-0.39, 0.29) is 6.10 Å². The van der Waals surface area contributed by atoms with Gasteiger partial charge in [0.15, 0.2) is 0 Å². The summed E-state index contributed by atoms with van der Waals surface area (Å²) in [6.45, 7) is 4.22. The standard InChI is InChI=1S/C15H21NO2/c17-11-12-5-7-16(9-12)10-15-14-4-2-1-3-13(14)6-8-18-15/h1-4,12,15,17H,5-11H2. The van der Waals surface area contributed by atoms with E-state index in [0.717, 1.165) is 39.1 Å². The Morgan fingerprint density at radius 1 is 1.33 bits per heavy atom. The van der Waals surface area contributed by atoms with Crippen molar-refractivity contribution in [3.8, 4) is 0 Å². The monoisotopic (exact) mass is 247 g/mol. The van der Waals surface area contributed by atoms with Gasteiger partial charge in [0, 0.05) is 19.7 Å². The molecule has 0 spiro atoms. The van der Waals surface area contributed by atoms with Crippen molar-refractivity contribution in [1.29, 1.82) is 0 Å². The van der Waals surface area contributed by atoms with Crippen molar-refractivity contribution < 1.29 is 9.84 Å². The Balaban J connectivity index is 1.67. The maximum Gasteiger partial charge on any atom is 0.0954 e. The number of aliphatic hydroxyl groups excluding tert-OH is 1. The van der Waals surface area contributed by atoms with Gasteiger partial charge in [-0.25, -0.2) is 0 Å². The number of aliphatic hydroxyl groups is 1. The predicted molar refractivity (Wildman–Crippen MR) is 70.5 cm³/mol. The number of likely N-dealkylation sites (tertiary alicyclic amines) is 1. The maximum absolute atomic E-state index is 9.19. The molecule has 0 aliphatic carbocycles. The largest absolute Gasteiger partial charge is 0.396 e. The van der Waals surface area contributed by atoms with Gasteiger partial charge in [0.05, 0.1) is 12.7 Å². The van der Waals surface area contributed by atoms with Crippen molar-refractivity contribution in [3.05, 3.63) is 35.4 Å². The molecule has 3 heteroatoms. The normalized spacial score (nSPS) is 28.3. The smallest absolute Gasteiger partial charge is 0.0954 e. The summed E-state index contributed by atoms with van der Waals surface area (Å²) in [6.07, 6.45) is 2.36. The van der Waals surface area contributed by atoms with Crippen LogP contribution in [-0.2, 0) is 11.2 Å². The average Bonchev–Trinajstić information content (AvgIpc) is 2.87. The number of fused-ring (bicyclic) bond motifs is 1. The molecule has 1 aromatic carbocycles. The van der Waals surface area contributed by atoms with Gasteiger partial charge < -0.3 is 14.7 Å². The molecule has 0 saturated carbocycles. The van der Waals surface area contributed by atoms with Crippen LogP contribution in [-0.4, -0.2) is 42.9 Å². The summed E-state index contributed by atoms with van der Waals surface area (Å²) in [4.78, 5) is 2.42. The molecule has 2 unspecified atom stereocenters. The summed E-state index contributed by atoms with van der Waals surface area (Å²) in [6, 6.07) is 8.62. The molecule has 0 bridgehead atoms. The zero-order chi connectivity index (χ0) is 12.4. The molecule has 3 rings (SSSR count). The van der Waals surface area contributed by atoms with Crippen molar-refractivity contribution in [2.75, 3.05) is 32.8 Å². The number of nitrogens with zero attached hydrogens (tertiary/aromatic N) is 1. The summed E-state index contributed by atoms with van der Waals surface area (Å²) >= 11 is 0. The van der Waals surface area contributed by atoms with Crippen LogP contribution in [0.1, 0.15) is 23.7 Å². The van der Waals surface area contributed by atoms with E-state index in [2.05, 4.69) is 29.2 Å². The lowest BCUT2D eigenvalue weighted by Crippen LogP contribution is -2.30. The third-order valence-electron chi connectivity index (χ3n) is 4.14. The molecule has 0 radical (unpaired) electrons. The summed E-state index contributed by atoms with van der Waals surface area (Å²) < 4.78 is 5.93. The zero-order valence-corrected chi connectivity index (χ0v) is 10.7. The van der Waals surface area contributed by atoms with E-state index in [0.29, 0.717) is 12.5 Å². The highest BCUT2D eigenvalue weighted by molar-refractivity contribution is 5.31. The third-order valence-corrected chi connectivity index (χ3v) is 4.14. The van der Waals surface area contributed by atoms with Crippen LogP contribution in [0.15, 0.2) is 24.3 Å². The van der Waals surface area contributed by atoms with Crippen LogP contribution >= 0.6 is 0 Å². The molecule has 1 aromatic rings. The van der Waals surface area contributed by atoms with Crippen molar-refractivity contribution in [3.63, 3.8) is 0 Å². The fourth-order valence-electron chi connectivity index (χ4n) is 3.09. The highest BCUT2D eigenvalue weighted by Crippen LogP contribution is 2.29. The molecular weight excluding hydrogens is 226 g/mol. The highest BCUT2D eigenvalue weighted by atomic mass is 16.5. The Kier molecular flexibility index (Phi) is 3.64. The summed E-state index contributed by atoms with van der Waals surface area (Å²) in [5.74, 6) is 0.462. The Labute approximate surface area is 108 Å². The fraction of sp³-hybridized carbons (Fsp3) is 0.600. The van der Waals surface area contributed by atoms with Gasteiger partial charge in [-0.05, 0) is 36.4 Å². The number of benzene rings is 1. The van der Waals surface area contributed by atoms with E-state index in [4.69, 9.17) is 4.74 Å². The lowest BCUT2D eigenvalue weighted by atomic mass is 9.97. The van der Waals surface area contributed by atoms with Gasteiger partial charge in [0.1, 0.15) is 0 Å². The molecule has 1 fully saturated rings. The molecule has 2 atom stereocenters. The number of hydrogen-bond acceptors (Lipinski definition) is 3. The minimum Gasteiger partial charge on any atom is -0.396 e. The molecular formula is C15H21NO2. The minimum absolute atomic E-state index is 0.215. The molecule has 1 saturated heterocycles. The number of rotatable bonds is 3. The van der Waals surface area contributed by atoms with E-state index >= 15 is 0 Å². The Bertz CT molecular complexity index is 407. The second-order valence-electron chi connectivity index (χ2n) is 5.41. The van der Waals surface area contributed by atoms with Crippen molar-refractivity contribution in [2.45, 2.75) is 18.9 Å². The Morgan fingerprint density at radius 2 is 2.22 bits per heavy atom. The third kappa shape index (κ3) is 2.44. The molecule has 1 N–H and O–H groups in total. The molecule has 18 heavy (non-hydrogen) atoms. The van der Waals surface area contributed by atoms with Gasteiger partial charge in [-0.3, -0.25) is 0 Å². The van der Waals surface area contributed by atoms with Gasteiger partial charge in [0.2, 0.25) is 0 Å². The number of hydrogen-bond donors (Lipinski definition) is 1. The van der Waals surface area contributed by atoms with Crippen LogP contribution in [0.4, 0.5) is 0 Å². The van der Waals surface area contributed by atoms with E-state index < -0.39 is 0 Å². The van der Waals surface area contributed by atoms with Crippen molar-refractivity contribution >= 4 is 0 Å². The molecule has 0 amide bonds. The van der Waals surface area contributed by atoms with Crippen LogP contribution < -0.4 is 0 Å². The van der Waals surface area contributed by atoms with Gasteiger partial charge in [-0.2, -0.15) is 0 Å². The van der Waals surface area contributed by atoms with Crippen LogP contribution in [0.2, 0.25) is 0 Å². The van der Waals surface area contributed by atoms with Crippen LogP contribution in [0.25, 0.3) is 0 Å². The second kappa shape index (κ2) is 5.39. The van der Waals surface area contributed by atoms with Gasteiger partial charge in [0.25, 0.3) is 0 Å². The summed E-state index contributed by atoms with van der Waals surface area (Å²) in [5.41, 5.74) is 2.79. The lowest BCUT2D eigenvalue weighted by Gasteiger charge is -2.29. The second-order valence-corrected chi connectivity index (χ2v) is 5.41. The van der Waals surface area contributed by atoms with E-state index in [1.807, 2.05) is 0 Å². The quantitative estimate of drug-likeness (QED) is 0.881. The first kappa shape index (κ1) is 12.2. The SMILES string of the molecule is OCC1CCN(CC2OCCc3ccccc32)C1. The first-order valence-electron chi connectivity index (χ1n) is 6.89. The highest BCUT2D eigenvalue weighted by Gasteiger charge is 2.27. The first-order valence-corrected chi connectivity index (χ1v) is 6.89. The van der Waals surface area contributed by atoms with E-state index in [1.165, 1.54) is 11.1 Å². The first-order chi connectivity index (χ1) is 8.86. The lowest BCUT2D eigenvalue weighted by molar-refractivity contribution is 0.0194. The number of ether oxygens (including phenoxy) is 1. The van der Waals surface area contributed by atoms with E-state index in [1.54, 1.807) is 0 Å². The van der Waals surface area contributed by atoms with Crippen molar-refractivity contribution in [2.24, 2.45) is 5.92 Å². The molecule has 3 nitrogen and oxygen atoms in total. The molecule has 2 aliphatic rings. The molecule has 2 aliphatic heterocycles. The van der Waals surface area contributed by atoms with Crippen LogP contribution in [0.5, 0.6) is 0 Å². The van der Waals surface area contributed by atoms with Crippen molar-refractivity contribution in [1.82, 2.24) is 4.90 Å². The molecule has 98 valence electrons. The summed E-state index contributed by atoms with van der Waals surface area (Å²) in [5, 5.41) is 9.19. The van der Waals surface area contributed by atoms with Gasteiger partial charge >= 0.3 is 0 Å². The zero-order valence-electron chi connectivity index (χ0n) is 10.7. The molecule has 2 heterocycles. The van der Waals surface area contributed by atoms with Gasteiger partial charge in [-0.1, -0.05) is 24.3 Å². The molecule has 0 aromatic heterocycles. The van der Waals surface area contributed by atoms with Gasteiger partial charge in [-0.15, -0.1) is 0 Å². The van der Waals surface area contributed by atoms with E-state index in [9.17, 15) is 5.11 Å². The average molecular weight is 247 g/mol. The Morgan fingerprint density at radius 3 is 3.06 bits per heavy atom.